The molecule has 20 heavy (non-hydrogen) atoms. The van der Waals surface area contributed by atoms with Crippen molar-refractivity contribution in [2.75, 3.05) is 7.11 Å². The average molecular weight is 276 g/mol. The lowest BCUT2D eigenvalue weighted by Gasteiger charge is -2.17. The minimum Gasteiger partial charge on any atom is -0.496 e. The zero-order valence-electron chi connectivity index (χ0n) is 12.3. The molecule has 0 heterocycles. The van der Waals surface area contributed by atoms with Crippen LogP contribution in [-0.4, -0.2) is 25.1 Å². The molecule has 0 bridgehead atoms. The smallest absolute Gasteiger partial charge is 0.221 e. The third-order valence-corrected chi connectivity index (χ3v) is 3.77. The highest BCUT2D eigenvalue weighted by Crippen LogP contribution is 2.32. The summed E-state index contributed by atoms with van der Waals surface area (Å²) >= 11 is 0. The fourth-order valence-electron chi connectivity index (χ4n) is 2.49. The Morgan fingerprint density at radius 3 is 2.80 bits per heavy atom. The molecule has 3 N–H and O–H groups in total. The summed E-state index contributed by atoms with van der Waals surface area (Å²) in [6, 6.07) is 7.98. The van der Waals surface area contributed by atoms with Gasteiger partial charge in [0.1, 0.15) is 5.75 Å². The molecule has 0 aromatic heterocycles. The maximum Gasteiger partial charge on any atom is 0.221 e. The highest BCUT2D eigenvalue weighted by molar-refractivity contribution is 5.77. The number of carbonyl (C=O) groups excluding carboxylic acids is 1. The average Bonchev–Trinajstić information content (AvgIpc) is 3.23. The van der Waals surface area contributed by atoms with E-state index in [1.807, 2.05) is 31.2 Å². The van der Waals surface area contributed by atoms with E-state index >= 15 is 0 Å². The number of ether oxygens (including phenoxy) is 1. The van der Waals surface area contributed by atoms with Crippen molar-refractivity contribution in [3.63, 3.8) is 0 Å². The van der Waals surface area contributed by atoms with Crippen LogP contribution in [0.3, 0.4) is 0 Å². The van der Waals surface area contributed by atoms with Crippen LogP contribution in [0.5, 0.6) is 5.75 Å². The number of para-hydroxylation sites is 1. The number of hydrogen-bond acceptors (Lipinski definition) is 3. The van der Waals surface area contributed by atoms with Crippen LogP contribution >= 0.6 is 0 Å². The van der Waals surface area contributed by atoms with Gasteiger partial charge in [0.25, 0.3) is 0 Å². The van der Waals surface area contributed by atoms with Gasteiger partial charge in [-0.25, -0.2) is 0 Å². The van der Waals surface area contributed by atoms with Crippen LogP contribution in [0, 0.1) is 5.92 Å². The Hall–Kier alpha value is -1.55. The van der Waals surface area contributed by atoms with Crippen LogP contribution in [0.1, 0.15) is 31.7 Å². The Kier molecular flexibility index (Phi) is 5.01. The van der Waals surface area contributed by atoms with Gasteiger partial charge in [-0.1, -0.05) is 18.2 Å². The molecule has 4 nitrogen and oxygen atoms in total. The lowest BCUT2D eigenvalue weighted by atomic mass is 10.1. The molecule has 2 atom stereocenters. The summed E-state index contributed by atoms with van der Waals surface area (Å²) in [5, 5.41) is 3.02. The highest BCUT2D eigenvalue weighted by atomic mass is 16.5. The van der Waals surface area contributed by atoms with Gasteiger partial charge in [-0.05, 0) is 43.7 Å². The maximum absolute atomic E-state index is 11.9. The van der Waals surface area contributed by atoms with Crippen molar-refractivity contribution in [1.82, 2.24) is 5.32 Å². The molecule has 0 aliphatic heterocycles. The molecule has 2 unspecified atom stereocenters. The molecule has 1 aromatic carbocycles. The second-order valence-corrected chi connectivity index (χ2v) is 5.69. The molecular weight excluding hydrogens is 252 g/mol. The van der Waals surface area contributed by atoms with Crippen LogP contribution in [0.25, 0.3) is 0 Å². The lowest BCUT2D eigenvalue weighted by Crippen LogP contribution is -2.38. The molecule has 110 valence electrons. The van der Waals surface area contributed by atoms with Gasteiger partial charge in [0.05, 0.1) is 7.11 Å². The Balaban J connectivity index is 1.81. The summed E-state index contributed by atoms with van der Waals surface area (Å²) in [5.41, 5.74) is 7.08. The van der Waals surface area contributed by atoms with E-state index in [-0.39, 0.29) is 18.0 Å². The summed E-state index contributed by atoms with van der Waals surface area (Å²) in [6.45, 7) is 2.01. The van der Waals surface area contributed by atoms with E-state index in [0.29, 0.717) is 12.3 Å². The predicted octanol–water partition coefficient (Wildman–Crippen LogP) is 1.87. The van der Waals surface area contributed by atoms with Crippen LogP contribution in [0.2, 0.25) is 0 Å². The number of amides is 1. The van der Waals surface area contributed by atoms with Crippen LogP contribution < -0.4 is 15.8 Å². The highest BCUT2D eigenvalue weighted by Gasteiger charge is 2.29. The molecule has 1 fully saturated rings. The molecule has 4 heteroatoms. The molecule has 1 aromatic rings. The van der Waals surface area contributed by atoms with E-state index in [9.17, 15) is 4.79 Å². The van der Waals surface area contributed by atoms with Crippen molar-refractivity contribution < 1.29 is 9.53 Å². The zero-order valence-corrected chi connectivity index (χ0v) is 12.3. The summed E-state index contributed by atoms with van der Waals surface area (Å²) in [4.78, 5) is 11.9. The van der Waals surface area contributed by atoms with Gasteiger partial charge >= 0.3 is 0 Å². The van der Waals surface area contributed by atoms with Gasteiger partial charge in [-0.15, -0.1) is 0 Å². The van der Waals surface area contributed by atoms with E-state index in [0.717, 1.165) is 17.7 Å². The predicted molar refractivity (Wildman–Crippen MR) is 79.6 cm³/mol. The zero-order chi connectivity index (χ0) is 14.5. The molecule has 1 saturated carbocycles. The third-order valence-electron chi connectivity index (χ3n) is 3.77. The summed E-state index contributed by atoms with van der Waals surface area (Å²) in [7, 11) is 1.66. The quantitative estimate of drug-likeness (QED) is 0.799. The molecule has 0 saturated heterocycles. The first kappa shape index (κ1) is 14.9. The number of nitrogens with one attached hydrogen (secondary N) is 1. The van der Waals surface area contributed by atoms with Crippen molar-refractivity contribution in [3.05, 3.63) is 29.8 Å². The summed E-state index contributed by atoms with van der Waals surface area (Å²) in [5.74, 6) is 1.47. The topological polar surface area (TPSA) is 64.3 Å². The van der Waals surface area contributed by atoms with Gasteiger partial charge in [0, 0.05) is 18.5 Å². The van der Waals surface area contributed by atoms with Gasteiger partial charge in [0.15, 0.2) is 0 Å². The largest absolute Gasteiger partial charge is 0.496 e. The van der Waals surface area contributed by atoms with Gasteiger partial charge in [-0.2, -0.15) is 0 Å². The number of nitrogens with two attached hydrogens (primary N) is 1. The van der Waals surface area contributed by atoms with Crippen molar-refractivity contribution in [2.24, 2.45) is 11.7 Å². The SMILES string of the molecule is COc1ccccc1CC(C)NC(=O)CC(N)C1CC1. The molecule has 2 rings (SSSR count). The number of rotatable bonds is 7. The standard InChI is InChI=1S/C16H24N2O2/c1-11(9-13-5-3-4-6-15(13)20-2)18-16(19)10-14(17)12-7-8-12/h3-6,11-12,14H,7-10,17H2,1-2H3,(H,18,19). The van der Waals surface area contributed by atoms with E-state index < -0.39 is 0 Å². The Morgan fingerprint density at radius 2 is 2.15 bits per heavy atom. The van der Waals surface area contributed by atoms with E-state index in [1.54, 1.807) is 7.11 Å². The third kappa shape index (κ3) is 4.23. The van der Waals surface area contributed by atoms with Gasteiger partial charge < -0.3 is 15.8 Å². The first-order chi connectivity index (χ1) is 9.60. The number of hydrogen-bond donors (Lipinski definition) is 2. The number of methoxy groups -OCH3 is 1. The Morgan fingerprint density at radius 1 is 1.45 bits per heavy atom. The van der Waals surface area contributed by atoms with Crippen LogP contribution in [-0.2, 0) is 11.2 Å². The van der Waals surface area contributed by atoms with E-state index in [4.69, 9.17) is 10.5 Å². The lowest BCUT2D eigenvalue weighted by molar-refractivity contribution is -0.122. The monoisotopic (exact) mass is 276 g/mol. The Labute approximate surface area is 120 Å². The second-order valence-electron chi connectivity index (χ2n) is 5.69. The minimum absolute atomic E-state index is 0.0217. The minimum atomic E-state index is 0.0217. The first-order valence-electron chi connectivity index (χ1n) is 7.27. The molecule has 0 spiro atoms. The molecule has 1 amide bonds. The number of carbonyl (C=O) groups is 1. The van der Waals surface area contributed by atoms with Crippen LogP contribution in [0.15, 0.2) is 24.3 Å². The van der Waals surface area contributed by atoms with Crippen molar-refractivity contribution >= 4 is 5.91 Å². The molecular formula is C16H24N2O2. The molecule has 0 radical (unpaired) electrons. The normalized spacial score (nSPS) is 17.4. The molecule has 1 aliphatic rings. The van der Waals surface area contributed by atoms with Gasteiger partial charge in [-0.3, -0.25) is 4.79 Å². The fourth-order valence-corrected chi connectivity index (χ4v) is 2.49. The maximum atomic E-state index is 11.9. The molecule has 1 aliphatic carbocycles. The van der Waals surface area contributed by atoms with E-state index in [1.165, 1.54) is 12.8 Å². The summed E-state index contributed by atoms with van der Waals surface area (Å²) in [6.07, 6.45) is 3.53. The Bertz CT molecular complexity index is 458. The van der Waals surface area contributed by atoms with Crippen LogP contribution in [0.4, 0.5) is 0 Å². The van der Waals surface area contributed by atoms with Crippen molar-refractivity contribution in [2.45, 2.75) is 44.7 Å². The fraction of sp³-hybridized carbons (Fsp3) is 0.562. The van der Waals surface area contributed by atoms with Crippen molar-refractivity contribution in [3.8, 4) is 5.75 Å². The first-order valence-corrected chi connectivity index (χ1v) is 7.27. The van der Waals surface area contributed by atoms with Crippen molar-refractivity contribution in [1.29, 1.82) is 0 Å². The second kappa shape index (κ2) is 6.75. The van der Waals surface area contributed by atoms with Gasteiger partial charge in [0.2, 0.25) is 5.91 Å². The number of benzene rings is 1. The van der Waals surface area contributed by atoms with E-state index in [2.05, 4.69) is 5.32 Å². The summed E-state index contributed by atoms with van der Waals surface area (Å²) < 4.78 is 5.32.